The van der Waals surface area contributed by atoms with Crippen LogP contribution in [0.15, 0.2) is 36.5 Å². The van der Waals surface area contributed by atoms with Crippen molar-refractivity contribution in [2.75, 3.05) is 0 Å². The van der Waals surface area contributed by atoms with E-state index in [2.05, 4.69) is 0 Å². The molecular weight excluding hydrogens is 112 g/mol. The predicted molar refractivity (Wildman–Crippen MR) is 37.0 cm³/mol. The van der Waals surface area contributed by atoms with Gasteiger partial charge in [-0.25, -0.2) is 0 Å². The Bertz CT molecular complexity index is 185. The van der Waals surface area contributed by atoms with E-state index in [-0.39, 0.29) is 5.78 Å². The lowest BCUT2D eigenvalue weighted by molar-refractivity contribution is -0.110. The highest BCUT2D eigenvalue weighted by Gasteiger charge is 1.86. The minimum Gasteiger partial charge on any atom is -0.290 e. The summed E-state index contributed by atoms with van der Waals surface area (Å²) in [6, 6.07) is 0. The topological polar surface area (TPSA) is 17.1 Å². The Morgan fingerprint density at radius 2 is 2.00 bits per heavy atom. The van der Waals surface area contributed by atoms with Crippen molar-refractivity contribution >= 4 is 5.78 Å². The fourth-order valence-electron chi connectivity index (χ4n) is 0.626. The van der Waals surface area contributed by atoms with E-state index in [1.165, 1.54) is 0 Å². The van der Waals surface area contributed by atoms with Crippen molar-refractivity contribution in [3.05, 3.63) is 36.5 Å². The van der Waals surface area contributed by atoms with Gasteiger partial charge in [-0.15, -0.1) is 0 Å². The Kier molecular flexibility index (Phi) is 2.02. The van der Waals surface area contributed by atoms with Gasteiger partial charge in [0.2, 0.25) is 0 Å². The van der Waals surface area contributed by atoms with Crippen molar-refractivity contribution < 1.29 is 4.79 Å². The van der Waals surface area contributed by atoms with Gasteiger partial charge in [-0.3, -0.25) is 4.79 Å². The fraction of sp³-hybridized carbons (Fsp3) is 0.125. The van der Waals surface area contributed by atoms with E-state index < -0.39 is 0 Å². The smallest absolute Gasteiger partial charge is 0.178 e. The molecular formula is C8H8O. The summed E-state index contributed by atoms with van der Waals surface area (Å²) in [4.78, 5) is 10.6. The summed E-state index contributed by atoms with van der Waals surface area (Å²) in [5.74, 6) is 0.0688. The molecule has 0 aromatic carbocycles. The SMILES string of the molecule is O=C1C=CC=CCC=C1. The second-order valence-electron chi connectivity index (χ2n) is 1.83. The van der Waals surface area contributed by atoms with E-state index in [1.807, 2.05) is 18.2 Å². The van der Waals surface area contributed by atoms with E-state index in [0.717, 1.165) is 6.42 Å². The maximum Gasteiger partial charge on any atom is 0.178 e. The molecule has 0 aliphatic heterocycles. The summed E-state index contributed by atoms with van der Waals surface area (Å²) in [5, 5.41) is 0. The van der Waals surface area contributed by atoms with Gasteiger partial charge in [0, 0.05) is 0 Å². The number of hydrogen-bond acceptors (Lipinski definition) is 1. The third kappa shape index (κ3) is 2.08. The molecule has 0 N–H and O–H groups in total. The van der Waals surface area contributed by atoms with Gasteiger partial charge in [-0.05, 0) is 18.6 Å². The zero-order chi connectivity index (χ0) is 6.53. The molecule has 0 aromatic rings. The minimum atomic E-state index is 0.0688. The summed E-state index contributed by atoms with van der Waals surface area (Å²) in [5.41, 5.74) is 0. The van der Waals surface area contributed by atoms with Gasteiger partial charge < -0.3 is 0 Å². The number of hydrogen-bond donors (Lipinski definition) is 0. The van der Waals surface area contributed by atoms with E-state index in [0.29, 0.717) is 0 Å². The summed E-state index contributed by atoms with van der Waals surface area (Å²) < 4.78 is 0. The zero-order valence-corrected chi connectivity index (χ0v) is 5.08. The molecule has 0 unspecified atom stereocenters. The molecule has 0 bridgehead atoms. The van der Waals surface area contributed by atoms with Crippen molar-refractivity contribution in [1.82, 2.24) is 0 Å². The van der Waals surface area contributed by atoms with E-state index in [9.17, 15) is 4.79 Å². The standard InChI is InChI=1S/C8H8O/c9-8-6-4-2-1-3-5-7-8/h1-2,4-7H,3H2. The number of carbonyl (C=O) groups is 1. The molecule has 1 heteroatoms. The van der Waals surface area contributed by atoms with Crippen molar-refractivity contribution in [1.29, 1.82) is 0 Å². The lowest BCUT2D eigenvalue weighted by Gasteiger charge is -1.85. The van der Waals surface area contributed by atoms with Crippen LogP contribution in [0.2, 0.25) is 0 Å². The molecule has 0 saturated heterocycles. The van der Waals surface area contributed by atoms with Crippen LogP contribution in [0.1, 0.15) is 6.42 Å². The number of ketones is 1. The van der Waals surface area contributed by atoms with Crippen LogP contribution in [0, 0.1) is 0 Å². The molecule has 0 spiro atoms. The second kappa shape index (κ2) is 3.02. The van der Waals surface area contributed by atoms with Gasteiger partial charge in [0.15, 0.2) is 5.78 Å². The third-order valence-corrected chi connectivity index (χ3v) is 1.06. The van der Waals surface area contributed by atoms with Crippen LogP contribution in [0.3, 0.4) is 0 Å². The summed E-state index contributed by atoms with van der Waals surface area (Å²) >= 11 is 0. The van der Waals surface area contributed by atoms with Crippen LogP contribution < -0.4 is 0 Å². The molecule has 1 nitrogen and oxygen atoms in total. The Morgan fingerprint density at radius 1 is 1.11 bits per heavy atom. The van der Waals surface area contributed by atoms with Gasteiger partial charge in [0.25, 0.3) is 0 Å². The first-order valence-corrected chi connectivity index (χ1v) is 2.93. The molecule has 0 amide bonds. The maximum absolute atomic E-state index is 10.6. The van der Waals surface area contributed by atoms with Gasteiger partial charge in [-0.2, -0.15) is 0 Å². The Balaban J connectivity index is 2.72. The first kappa shape index (κ1) is 6.02. The first-order chi connectivity index (χ1) is 4.39. The maximum atomic E-state index is 10.6. The van der Waals surface area contributed by atoms with Gasteiger partial charge in [0.1, 0.15) is 0 Å². The number of rotatable bonds is 0. The first-order valence-electron chi connectivity index (χ1n) is 2.93. The fourth-order valence-corrected chi connectivity index (χ4v) is 0.626. The van der Waals surface area contributed by atoms with E-state index in [1.54, 1.807) is 18.2 Å². The molecule has 46 valence electrons. The van der Waals surface area contributed by atoms with Crippen molar-refractivity contribution in [3.8, 4) is 0 Å². The zero-order valence-electron chi connectivity index (χ0n) is 5.08. The summed E-state index contributed by atoms with van der Waals surface area (Å²) in [6.07, 6.45) is 11.5. The van der Waals surface area contributed by atoms with E-state index >= 15 is 0 Å². The van der Waals surface area contributed by atoms with Crippen LogP contribution in [0.5, 0.6) is 0 Å². The molecule has 0 atom stereocenters. The Hall–Kier alpha value is -1.11. The second-order valence-corrected chi connectivity index (χ2v) is 1.83. The summed E-state index contributed by atoms with van der Waals surface area (Å²) in [6.45, 7) is 0. The highest BCUT2D eigenvalue weighted by atomic mass is 16.1. The third-order valence-electron chi connectivity index (χ3n) is 1.06. The van der Waals surface area contributed by atoms with Crippen molar-refractivity contribution in [2.45, 2.75) is 6.42 Å². The van der Waals surface area contributed by atoms with Crippen molar-refractivity contribution in [2.24, 2.45) is 0 Å². The Labute approximate surface area is 54.4 Å². The lowest BCUT2D eigenvalue weighted by atomic mass is 10.2. The van der Waals surface area contributed by atoms with Crippen LogP contribution in [-0.2, 0) is 4.79 Å². The highest BCUT2D eigenvalue weighted by molar-refractivity contribution is 5.99. The van der Waals surface area contributed by atoms with Crippen LogP contribution in [0.4, 0.5) is 0 Å². The molecule has 9 heavy (non-hydrogen) atoms. The molecule has 0 fully saturated rings. The average molecular weight is 120 g/mol. The van der Waals surface area contributed by atoms with Gasteiger partial charge in [0.05, 0.1) is 0 Å². The van der Waals surface area contributed by atoms with E-state index in [4.69, 9.17) is 0 Å². The quantitative estimate of drug-likeness (QED) is 0.474. The molecule has 0 aromatic heterocycles. The lowest BCUT2D eigenvalue weighted by Crippen LogP contribution is -1.84. The monoisotopic (exact) mass is 120 g/mol. The molecule has 1 aliphatic rings. The molecule has 1 aliphatic carbocycles. The predicted octanol–water partition coefficient (Wildman–Crippen LogP) is 1.63. The molecule has 0 radical (unpaired) electrons. The average Bonchev–Trinajstić information content (AvgIpc) is 1.79. The Morgan fingerprint density at radius 3 is 2.89 bits per heavy atom. The summed E-state index contributed by atoms with van der Waals surface area (Å²) in [7, 11) is 0. The number of carbonyl (C=O) groups excluding carboxylic acids is 1. The van der Waals surface area contributed by atoms with Crippen LogP contribution in [-0.4, -0.2) is 5.78 Å². The van der Waals surface area contributed by atoms with Crippen LogP contribution >= 0.6 is 0 Å². The van der Waals surface area contributed by atoms with Crippen molar-refractivity contribution in [3.63, 3.8) is 0 Å². The molecule has 0 heterocycles. The van der Waals surface area contributed by atoms with Gasteiger partial charge in [-0.1, -0.05) is 24.3 Å². The number of allylic oxidation sites excluding steroid dienone is 6. The molecule has 0 saturated carbocycles. The highest BCUT2D eigenvalue weighted by Crippen LogP contribution is 1.92. The van der Waals surface area contributed by atoms with Crippen LogP contribution in [0.25, 0.3) is 0 Å². The molecule has 1 rings (SSSR count). The normalized spacial score (nSPS) is 17.6. The minimum absolute atomic E-state index is 0.0688. The van der Waals surface area contributed by atoms with Gasteiger partial charge >= 0.3 is 0 Å². The largest absolute Gasteiger partial charge is 0.290 e.